The normalized spacial score (nSPS) is 17.6. The fourth-order valence-electron chi connectivity index (χ4n) is 2.45. The van der Waals surface area contributed by atoms with Gasteiger partial charge in [-0.15, -0.1) is 0 Å². The second-order valence-corrected chi connectivity index (χ2v) is 4.80. The van der Waals surface area contributed by atoms with E-state index in [4.69, 9.17) is 4.74 Å². The molecule has 1 aromatic rings. The van der Waals surface area contributed by atoms with E-state index in [0.717, 1.165) is 11.1 Å². The molecule has 0 aliphatic carbocycles. The Balaban J connectivity index is 2.13. The Labute approximate surface area is 118 Å². The van der Waals surface area contributed by atoms with Gasteiger partial charge in [-0.25, -0.2) is 4.79 Å². The Kier molecular flexibility index (Phi) is 4.74. The van der Waals surface area contributed by atoms with Gasteiger partial charge in [-0.3, -0.25) is 4.79 Å². The summed E-state index contributed by atoms with van der Waals surface area (Å²) in [6.45, 7) is 3.11. The lowest BCUT2D eigenvalue weighted by Crippen LogP contribution is -2.48. The van der Waals surface area contributed by atoms with Crippen LogP contribution in [-0.2, 0) is 27.3 Å². The van der Waals surface area contributed by atoms with Gasteiger partial charge in [0.1, 0.15) is 6.04 Å². The first-order valence-corrected chi connectivity index (χ1v) is 6.80. The first-order valence-electron chi connectivity index (χ1n) is 6.80. The van der Waals surface area contributed by atoms with Crippen molar-refractivity contribution in [1.29, 1.82) is 0 Å². The number of hydrogen-bond acceptors (Lipinski definition) is 3. The molecule has 1 atom stereocenters. The Morgan fingerprint density at radius 1 is 1.35 bits per heavy atom. The minimum Gasteiger partial charge on any atom is -0.480 e. The van der Waals surface area contributed by atoms with Gasteiger partial charge >= 0.3 is 5.97 Å². The van der Waals surface area contributed by atoms with E-state index in [2.05, 4.69) is 0 Å². The smallest absolute Gasteiger partial charge is 0.326 e. The van der Waals surface area contributed by atoms with Crippen LogP contribution in [0.25, 0.3) is 0 Å². The molecular formula is C15H19NO4. The first kappa shape index (κ1) is 14.5. The van der Waals surface area contributed by atoms with Crippen LogP contribution in [0.5, 0.6) is 0 Å². The Hall–Kier alpha value is -1.88. The van der Waals surface area contributed by atoms with E-state index < -0.39 is 12.0 Å². The average molecular weight is 277 g/mol. The molecule has 2 rings (SSSR count). The second-order valence-electron chi connectivity index (χ2n) is 4.80. The molecule has 1 N–H and O–H groups in total. The van der Waals surface area contributed by atoms with Gasteiger partial charge in [0.2, 0.25) is 5.91 Å². The first-order chi connectivity index (χ1) is 9.63. The number of benzene rings is 1. The van der Waals surface area contributed by atoms with E-state index in [9.17, 15) is 14.7 Å². The number of ether oxygens (including phenoxy) is 1. The van der Waals surface area contributed by atoms with Crippen LogP contribution in [0.15, 0.2) is 24.3 Å². The molecular weight excluding hydrogens is 258 g/mol. The third-order valence-corrected chi connectivity index (χ3v) is 3.52. The lowest BCUT2D eigenvalue weighted by atomic mass is 9.94. The third-order valence-electron chi connectivity index (χ3n) is 3.52. The summed E-state index contributed by atoms with van der Waals surface area (Å²) in [5.41, 5.74) is 2.03. The SMILES string of the molecule is CCOCCC(=O)N1Cc2ccccc2C[C@H]1C(=O)O. The highest BCUT2D eigenvalue weighted by atomic mass is 16.5. The fourth-order valence-corrected chi connectivity index (χ4v) is 2.45. The van der Waals surface area contributed by atoms with Crippen molar-refractivity contribution in [2.45, 2.75) is 32.4 Å². The quantitative estimate of drug-likeness (QED) is 0.827. The molecule has 5 heteroatoms. The fraction of sp³-hybridized carbons (Fsp3) is 0.467. The molecule has 0 aromatic heterocycles. The van der Waals surface area contributed by atoms with Crippen LogP contribution in [0, 0.1) is 0 Å². The van der Waals surface area contributed by atoms with E-state index in [0.29, 0.717) is 26.2 Å². The van der Waals surface area contributed by atoms with Gasteiger partial charge in [0.05, 0.1) is 13.0 Å². The Morgan fingerprint density at radius 3 is 2.70 bits per heavy atom. The van der Waals surface area contributed by atoms with E-state index in [-0.39, 0.29) is 12.3 Å². The molecule has 0 unspecified atom stereocenters. The van der Waals surface area contributed by atoms with Gasteiger partial charge in [-0.1, -0.05) is 24.3 Å². The summed E-state index contributed by atoms with van der Waals surface area (Å²) in [5.74, 6) is -1.12. The van der Waals surface area contributed by atoms with Crippen LogP contribution in [0.4, 0.5) is 0 Å². The predicted octanol–water partition coefficient (Wildman–Crippen LogP) is 1.45. The summed E-state index contributed by atoms with van der Waals surface area (Å²) in [4.78, 5) is 25.0. The van der Waals surface area contributed by atoms with Gasteiger partial charge in [0, 0.05) is 19.6 Å². The lowest BCUT2D eigenvalue weighted by molar-refractivity contribution is -0.151. The molecule has 1 heterocycles. The number of nitrogens with zero attached hydrogens (tertiary/aromatic N) is 1. The zero-order valence-corrected chi connectivity index (χ0v) is 11.5. The van der Waals surface area contributed by atoms with Gasteiger partial charge in [0.25, 0.3) is 0 Å². The highest BCUT2D eigenvalue weighted by Crippen LogP contribution is 2.24. The summed E-state index contributed by atoms with van der Waals surface area (Å²) in [7, 11) is 0. The number of fused-ring (bicyclic) bond motifs is 1. The topological polar surface area (TPSA) is 66.8 Å². The molecule has 0 spiro atoms. The maximum Gasteiger partial charge on any atom is 0.326 e. The van der Waals surface area contributed by atoms with Crippen LogP contribution in [0.3, 0.4) is 0 Å². The molecule has 1 aromatic carbocycles. The van der Waals surface area contributed by atoms with Crippen molar-refractivity contribution in [2.24, 2.45) is 0 Å². The van der Waals surface area contributed by atoms with Crippen molar-refractivity contribution in [3.63, 3.8) is 0 Å². The van der Waals surface area contributed by atoms with Gasteiger partial charge in [-0.05, 0) is 18.1 Å². The standard InChI is InChI=1S/C15H19NO4/c1-2-20-8-7-14(17)16-10-12-6-4-3-5-11(12)9-13(16)15(18)19/h3-6,13H,2,7-10H2,1H3,(H,18,19)/t13-/m0/s1. The van der Waals surface area contributed by atoms with Crippen LogP contribution in [0.1, 0.15) is 24.5 Å². The Morgan fingerprint density at radius 2 is 2.05 bits per heavy atom. The van der Waals surface area contributed by atoms with E-state index >= 15 is 0 Å². The molecule has 5 nitrogen and oxygen atoms in total. The molecule has 108 valence electrons. The van der Waals surface area contributed by atoms with E-state index in [1.165, 1.54) is 4.90 Å². The largest absolute Gasteiger partial charge is 0.480 e. The van der Waals surface area contributed by atoms with Crippen molar-refractivity contribution >= 4 is 11.9 Å². The van der Waals surface area contributed by atoms with Crippen molar-refractivity contribution in [1.82, 2.24) is 4.90 Å². The third kappa shape index (κ3) is 3.17. The monoisotopic (exact) mass is 277 g/mol. The summed E-state index contributed by atoms with van der Waals surface area (Å²) >= 11 is 0. The minimum absolute atomic E-state index is 0.166. The average Bonchev–Trinajstić information content (AvgIpc) is 2.46. The number of aliphatic carboxylic acids is 1. The number of carbonyl (C=O) groups excluding carboxylic acids is 1. The van der Waals surface area contributed by atoms with Gasteiger partial charge in [-0.2, -0.15) is 0 Å². The number of hydrogen-bond donors (Lipinski definition) is 1. The van der Waals surface area contributed by atoms with Crippen molar-refractivity contribution < 1.29 is 19.4 Å². The highest BCUT2D eigenvalue weighted by molar-refractivity contribution is 5.84. The highest BCUT2D eigenvalue weighted by Gasteiger charge is 2.33. The van der Waals surface area contributed by atoms with Crippen LogP contribution in [-0.4, -0.2) is 41.1 Å². The number of carboxylic acid groups (broad SMARTS) is 1. The van der Waals surface area contributed by atoms with Gasteiger partial charge < -0.3 is 14.7 Å². The number of carbonyl (C=O) groups is 2. The second kappa shape index (κ2) is 6.52. The van der Waals surface area contributed by atoms with Gasteiger partial charge in [0.15, 0.2) is 0 Å². The summed E-state index contributed by atoms with van der Waals surface area (Å²) in [6, 6.07) is 6.88. The maximum absolute atomic E-state index is 12.2. The minimum atomic E-state index is -0.954. The molecule has 20 heavy (non-hydrogen) atoms. The summed E-state index contributed by atoms with van der Waals surface area (Å²) < 4.78 is 5.17. The molecule has 1 amide bonds. The van der Waals surface area contributed by atoms with Crippen molar-refractivity contribution in [3.05, 3.63) is 35.4 Å². The molecule has 1 aliphatic rings. The molecule has 0 saturated heterocycles. The molecule has 1 aliphatic heterocycles. The summed E-state index contributed by atoms with van der Waals surface area (Å²) in [5, 5.41) is 9.33. The zero-order valence-electron chi connectivity index (χ0n) is 11.5. The molecule has 0 saturated carbocycles. The summed E-state index contributed by atoms with van der Waals surface area (Å²) in [6.07, 6.45) is 0.589. The molecule has 0 bridgehead atoms. The maximum atomic E-state index is 12.2. The Bertz CT molecular complexity index is 500. The van der Waals surface area contributed by atoms with Crippen molar-refractivity contribution in [3.8, 4) is 0 Å². The van der Waals surface area contributed by atoms with Crippen LogP contribution < -0.4 is 0 Å². The van der Waals surface area contributed by atoms with Crippen LogP contribution in [0.2, 0.25) is 0 Å². The van der Waals surface area contributed by atoms with Crippen LogP contribution >= 0.6 is 0 Å². The molecule has 0 radical (unpaired) electrons. The molecule has 0 fully saturated rings. The predicted molar refractivity (Wildman–Crippen MR) is 73.2 cm³/mol. The number of carboxylic acids is 1. The number of amides is 1. The zero-order chi connectivity index (χ0) is 14.5. The van der Waals surface area contributed by atoms with E-state index in [1.807, 2.05) is 31.2 Å². The number of rotatable bonds is 5. The lowest BCUT2D eigenvalue weighted by Gasteiger charge is -2.34. The van der Waals surface area contributed by atoms with Crippen molar-refractivity contribution in [2.75, 3.05) is 13.2 Å². The van der Waals surface area contributed by atoms with E-state index in [1.54, 1.807) is 0 Å².